The van der Waals surface area contributed by atoms with Gasteiger partial charge in [-0.1, -0.05) is 42.5 Å². The lowest BCUT2D eigenvalue weighted by Crippen LogP contribution is -2.38. The molecule has 7 nitrogen and oxygen atoms in total. The van der Waals surface area contributed by atoms with Crippen molar-refractivity contribution in [1.29, 1.82) is 0 Å². The average Bonchev–Trinajstić information content (AvgIpc) is 3.27. The van der Waals surface area contributed by atoms with Crippen molar-refractivity contribution in [3.8, 4) is 5.75 Å². The standard InChI is InChI=1S/C26H35N5O2/c1-4-32-16-17-33-24-18-21(2)10-11-23(24)19-30-26(27-3)29-13-12-25-28-14-15-31(25)20-22-8-6-5-7-9-22/h5-11,14-15,18H,4,12-13,16-17,19-20H2,1-3H3,(H2,27,29,30). The SMILES string of the molecule is CCOCCOc1cc(C)ccc1CNC(=NC)NCCc1nccn1Cc1ccccc1. The van der Waals surface area contributed by atoms with E-state index in [-0.39, 0.29) is 0 Å². The van der Waals surface area contributed by atoms with Gasteiger partial charge in [0.25, 0.3) is 0 Å². The number of guanidine groups is 1. The van der Waals surface area contributed by atoms with E-state index in [1.54, 1.807) is 7.05 Å². The zero-order valence-electron chi connectivity index (χ0n) is 19.9. The minimum absolute atomic E-state index is 0.535. The van der Waals surface area contributed by atoms with Gasteiger partial charge in [0.05, 0.1) is 6.61 Å². The van der Waals surface area contributed by atoms with E-state index in [9.17, 15) is 0 Å². The number of ether oxygens (including phenoxy) is 2. The molecule has 0 radical (unpaired) electrons. The van der Waals surface area contributed by atoms with Crippen LogP contribution in [0.3, 0.4) is 0 Å². The predicted octanol–water partition coefficient (Wildman–Crippen LogP) is 3.56. The summed E-state index contributed by atoms with van der Waals surface area (Å²) in [6, 6.07) is 16.7. The number of aryl methyl sites for hydroxylation is 1. The van der Waals surface area contributed by atoms with Gasteiger partial charge in [-0.25, -0.2) is 4.98 Å². The first kappa shape index (κ1) is 24.3. The van der Waals surface area contributed by atoms with Gasteiger partial charge in [-0.2, -0.15) is 0 Å². The number of nitrogens with zero attached hydrogens (tertiary/aromatic N) is 3. The highest BCUT2D eigenvalue weighted by molar-refractivity contribution is 5.79. The lowest BCUT2D eigenvalue weighted by Gasteiger charge is -2.16. The molecule has 0 atom stereocenters. The molecule has 2 N–H and O–H groups in total. The zero-order chi connectivity index (χ0) is 23.3. The van der Waals surface area contributed by atoms with Crippen LogP contribution in [0.15, 0.2) is 65.9 Å². The molecule has 0 bridgehead atoms. The van der Waals surface area contributed by atoms with Crippen LogP contribution in [0.2, 0.25) is 0 Å². The van der Waals surface area contributed by atoms with Crippen LogP contribution in [0.1, 0.15) is 29.4 Å². The van der Waals surface area contributed by atoms with E-state index in [0.29, 0.717) is 26.4 Å². The Labute approximate surface area is 196 Å². The largest absolute Gasteiger partial charge is 0.491 e. The van der Waals surface area contributed by atoms with Crippen molar-refractivity contribution in [3.05, 3.63) is 83.4 Å². The molecule has 0 aliphatic rings. The van der Waals surface area contributed by atoms with Crippen molar-refractivity contribution in [2.75, 3.05) is 33.4 Å². The van der Waals surface area contributed by atoms with Gasteiger partial charge < -0.3 is 24.7 Å². The van der Waals surface area contributed by atoms with Crippen molar-refractivity contribution < 1.29 is 9.47 Å². The fourth-order valence-electron chi connectivity index (χ4n) is 3.48. The van der Waals surface area contributed by atoms with E-state index in [2.05, 4.69) is 74.6 Å². The Bertz CT molecular complexity index is 1000. The van der Waals surface area contributed by atoms with Crippen molar-refractivity contribution in [3.63, 3.8) is 0 Å². The molecule has 0 amide bonds. The van der Waals surface area contributed by atoms with Gasteiger partial charge in [0.1, 0.15) is 18.2 Å². The maximum absolute atomic E-state index is 5.94. The van der Waals surface area contributed by atoms with Crippen molar-refractivity contribution in [1.82, 2.24) is 20.2 Å². The van der Waals surface area contributed by atoms with Gasteiger partial charge in [-0.15, -0.1) is 0 Å². The summed E-state index contributed by atoms with van der Waals surface area (Å²) in [5.74, 6) is 2.67. The molecule has 7 heteroatoms. The van der Waals surface area contributed by atoms with Crippen LogP contribution >= 0.6 is 0 Å². The summed E-state index contributed by atoms with van der Waals surface area (Å²) in [7, 11) is 1.78. The van der Waals surface area contributed by atoms with Crippen molar-refractivity contribution in [2.24, 2.45) is 4.99 Å². The van der Waals surface area contributed by atoms with E-state index in [0.717, 1.165) is 42.6 Å². The minimum atomic E-state index is 0.535. The Morgan fingerprint density at radius 3 is 2.73 bits per heavy atom. The molecule has 0 spiro atoms. The Morgan fingerprint density at radius 1 is 1.09 bits per heavy atom. The quantitative estimate of drug-likeness (QED) is 0.251. The predicted molar refractivity (Wildman–Crippen MR) is 133 cm³/mol. The highest BCUT2D eigenvalue weighted by atomic mass is 16.5. The fourth-order valence-corrected chi connectivity index (χ4v) is 3.48. The second-order valence-corrected chi connectivity index (χ2v) is 7.72. The average molecular weight is 450 g/mol. The van der Waals surface area contributed by atoms with Crippen molar-refractivity contribution >= 4 is 5.96 Å². The molecule has 1 heterocycles. The Hall–Kier alpha value is -3.32. The Kier molecular flexibility index (Phi) is 9.79. The first-order chi connectivity index (χ1) is 16.2. The summed E-state index contributed by atoms with van der Waals surface area (Å²) in [6.45, 7) is 8.03. The van der Waals surface area contributed by atoms with Crippen LogP contribution in [-0.4, -0.2) is 48.9 Å². The number of aromatic nitrogens is 2. The van der Waals surface area contributed by atoms with Crippen LogP contribution in [0.25, 0.3) is 0 Å². The molecule has 0 aliphatic carbocycles. The molecular formula is C26H35N5O2. The number of rotatable bonds is 12. The van der Waals surface area contributed by atoms with Crippen LogP contribution in [0.5, 0.6) is 5.75 Å². The summed E-state index contributed by atoms with van der Waals surface area (Å²) in [5.41, 5.74) is 3.51. The number of hydrogen-bond donors (Lipinski definition) is 2. The first-order valence-electron chi connectivity index (χ1n) is 11.5. The Morgan fingerprint density at radius 2 is 1.94 bits per heavy atom. The van der Waals surface area contributed by atoms with Gasteiger partial charge in [-0.05, 0) is 31.0 Å². The second kappa shape index (κ2) is 13.3. The lowest BCUT2D eigenvalue weighted by atomic mass is 10.1. The smallest absolute Gasteiger partial charge is 0.191 e. The monoisotopic (exact) mass is 449 g/mol. The van der Waals surface area contributed by atoms with E-state index < -0.39 is 0 Å². The number of aliphatic imine (C=N–C) groups is 1. The summed E-state index contributed by atoms with van der Waals surface area (Å²) in [6.07, 6.45) is 4.69. The molecular weight excluding hydrogens is 414 g/mol. The summed E-state index contributed by atoms with van der Waals surface area (Å²) in [5, 5.41) is 6.77. The molecule has 1 aromatic heterocycles. The third-order valence-corrected chi connectivity index (χ3v) is 5.22. The highest BCUT2D eigenvalue weighted by Gasteiger charge is 2.08. The highest BCUT2D eigenvalue weighted by Crippen LogP contribution is 2.20. The van der Waals surface area contributed by atoms with Crippen LogP contribution < -0.4 is 15.4 Å². The zero-order valence-corrected chi connectivity index (χ0v) is 19.9. The maximum atomic E-state index is 5.94. The molecule has 3 rings (SSSR count). The topological polar surface area (TPSA) is 72.7 Å². The second-order valence-electron chi connectivity index (χ2n) is 7.72. The summed E-state index contributed by atoms with van der Waals surface area (Å²) >= 11 is 0. The number of benzene rings is 2. The molecule has 0 saturated carbocycles. The molecule has 0 saturated heterocycles. The normalized spacial score (nSPS) is 11.4. The first-order valence-corrected chi connectivity index (χ1v) is 11.5. The van der Waals surface area contributed by atoms with E-state index in [4.69, 9.17) is 9.47 Å². The minimum Gasteiger partial charge on any atom is -0.491 e. The summed E-state index contributed by atoms with van der Waals surface area (Å²) < 4.78 is 13.5. The van der Waals surface area contributed by atoms with Crippen LogP contribution in [0, 0.1) is 6.92 Å². The van der Waals surface area contributed by atoms with Gasteiger partial charge in [-0.3, -0.25) is 4.99 Å². The van der Waals surface area contributed by atoms with Crippen LogP contribution in [-0.2, 0) is 24.2 Å². The third kappa shape index (κ3) is 7.95. The molecule has 0 unspecified atom stereocenters. The van der Waals surface area contributed by atoms with Gasteiger partial charge in [0.15, 0.2) is 5.96 Å². The Balaban J connectivity index is 1.49. The van der Waals surface area contributed by atoms with Crippen molar-refractivity contribution in [2.45, 2.75) is 33.4 Å². The van der Waals surface area contributed by atoms with Gasteiger partial charge in [0.2, 0.25) is 0 Å². The van der Waals surface area contributed by atoms with Gasteiger partial charge >= 0.3 is 0 Å². The summed E-state index contributed by atoms with van der Waals surface area (Å²) in [4.78, 5) is 8.88. The molecule has 2 aromatic carbocycles. The number of imidazole rings is 1. The molecule has 0 aliphatic heterocycles. The number of hydrogen-bond acceptors (Lipinski definition) is 4. The number of nitrogens with one attached hydrogen (secondary N) is 2. The lowest BCUT2D eigenvalue weighted by molar-refractivity contribution is 0.110. The van der Waals surface area contributed by atoms with E-state index >= 15 is 0 Å². The molecule has 3 aromatic rings. The maximum Gasteiger partial charge on any atom is 0.191 e. The molecule has 176 valence electrons. The van der Waals surface area contributed by atoms with E-state index in [1.807, 2.05) is 25.4 Å². The fraction of sp³-hybridized carbons (Fsp3) is 0.385. The molecule has 33 heavy (non-hydrogen) atoms. The third-order valence-electron chi connectivity index (χ3n) is 5.22. The van der Waals surface area contributed by atoms with Gasteiger partial charge in [0, 0.05) is 57.7 Å². The van der Waals surface area contributed by atoms with Crippen LogP contribution in [0.4, 0.5) is 0 Å². The van der Waals surface area contributed by atoms with E-state index in [1.165, 1.54) is 11.1 Å². The molecule has 0 fully saturated rings.